The minimum absolute atomic E-state index is 0.104. The Morgan fingerprint density at radius 3 is 2.42 bits per heavy atom. The first-order chi connectivity index (χ1) is 15.7. The molecule has 33 heavy (non-hydrogen) atoms. The number of carbonyl (C=O) groups excluding carboxylic acids is 2. The van der Waals surface area contributed by atoms with Crippen molar-refractivity contribution in [3.05, 3.63) is 70.5 Å². The van der Waals surface area contributed by atoms with Gasteiger partial charge in [0.25, 0.3) is 5.91 Å². The zero-order valence-electron chi connectivity index (χ0n) is 20.0. The Morgan fingerprint density at radius 1 is 1.03 bits per heavy atom. The summed E-state index contributed by atoms with van der Waals surface area (Å²) in [5.74, 6) is 0.712. The first-order valence-electron chi connectivity index (χ1n) is 10.9. The van der Waals surface area contributed by atoms with Crippen LogP contribution in [0.25, 0.3) is 0 Å². The second-order valence-corrected chi connectivity index (χ2v) is 9.56. The van der Waals surface area contributed by atoms with Crippen molar-refractivity contribution in [3.63, 3.8) is 0 Å². The number of hydrogen-bond acceptors (Lipinski definition) is 5. The summed E-state index contributed by atoms with van der Waals surface area (Å²) in [5.41, 5.74) is 4.63. The number of amides is 2. The van der Waals surface area contributed by atoms with E-state index in [0.717, 1.165) is 22.4 Å². The molecule has 1 heterocycles. The lowest BCUT2D eigenvalue weighted by atomic mass is 10.0. The van der Waals surface area contributed by atoms with E-state index >= 15 is 0 Å². The Kier molecular flexibility index (Phi) is 7.92. The summed E-state index contributed by atoms with van der Waals surface area (Å²) in [7, 11) is 1.86. The molecular formula is C25H31N5O2S. The topological polar surface area (TPSA) is 88.9 Å². The number of aryl methyl sites for hydroxylation is 3. The highest BCUT2D eigenvalue weighted by atomic mass is 32.2. The predicted octanol–water partition coefficient (Wildman–Crippen LogP) is 4.60. The third kappa shape index (κ3) is 6.22. The van der Waals surface area contributed by atoms with Gasteiger partial charge in [-0.05, 0) is 50.5 Å². The number of nitrogens with one attached hydrogen (secondary N) is 2. The van der Waals surface area contributed by atoms with Crippen molar-refractivity contribution in [1.82, 2.24) is 20.1 Å². The largest absolute Gasteiger partial charge is 0.342 e. The Hall–Kier alpha value is -3.13. The van der Waals surface area contributed by atoms with E-state index in [0.29, 0.717) is 16.5 Å². The number of thioether (sulfide) groups is 1. The zero-order chi connectivity index (χ0) is 24.1. The van der Waals surface area contributed by atoms with Crippen LogP contribution < -0.4 is 10.6 Å². The third-order valence-electron chi connectivity index (χ3n) is 5.37. The molecule has 0 spiro atoms. The van der Waals surface area contributed by atoms with Crippen molar-refractivity contribution in [3.8, 4) is 0 Å². The standard InChI is InChI=1S/C25H31N5O2S/c1-15(2)22(27-24(32)19-9-7-8-16(3)13-19)23-28-29-25(30(23)6)33-14-21(31)26-20-11-10-17(4)12-18(20)5/h7-13,15,22H,14H2,1-6H3,(H,26,31)(H,27,32)/t22-/m0/s1. The van der Waals surface area contributed by atoms with Crippen molar-refractivity contribution in [2.45, 2.75) is 45.8 Å². The summed E-state index contributed by atoms with van der Waals surface area (Å²) in [6, 6.07) is 13.1. The lowest BCUT2D eigenvalue weighted by Crippen LogP contribution is -2.33. The summed E-state index contributed by atoms with van der Waals surface area (Å²) in [5, 5.41) is 15.3. The Balaban J connectivity index is 1.67. The molecule has 2 N–H and O–H groups in total. The Labute approximate surface area is 199 Å². The molecule has 0 unspecified atom stereocenters. The summed E-state index contributed by atoms with van der Waals surface area (Å²) < 4.78 is 1.84. The summed E-state index contributed by atoms with van der Waals surface area (Å²) in [6.07, 6.45) is 0. The van der Waals surface area contributed by atoms with Crippen LogP contribution in [0.1, 0.15) is 52.8 Å². The summed E-state index contributed by atoms with van der Waals surface area (Å²) >= 11 is 1.32. The molecule has 7 nitrogen and oxygen atoms in total. The van der Waals surface area contributed by atoms with Crippen molar-refractivity contribution >= 4 is 29.3 Å². The molecule has 2 amide bonds. The van der Waals surface area contributed by atoms with E-state index in [1.165, 1.54) is 11.8 Å². The summed E-state index contributed by atoms with van der Waals surface area (Å²) in [6.45, 7) is 10.0. The van der Waals surface area contributed by atoms with Gasteiger partial charge in [0, 0.05) is 18.3 Å². The molecule has 1 atom stereocenters. The lowest BCUT2D eigenvalue weighted by Gasteiger charge is -2.21. The minimum Gasteiger partial charge on any atom is -0.342 e. The number of carbonyl (C=O) groups is 2. The van der Waals surface area contributed by atoms with Crippen molar-refractivity contribution in [1.29, 1.82) is 0 Å². The van der Waals surface area contributed by atoms with Crippen LogP contribution in [-0.2, 0) is 11.8 Å². The lowest BCUT2D eigenvalue weighted by molar-refractivity contribution is -0.113. The fourth-order valence-electron chi connectivity index (χ4n) is 3.53. The average Bonchev–Trinajstić information content (AvgIpc) is 3.12. The number of nitrogens with zero attached hydrogens (tertiary/aromatic N) is 3. The van der Waals surface area contributed by atoms with Gasteiger partial charge >= 0.3 is 0 Å². The van der Waals surface area contributed by atoms with Gasteiger partial charge in [-0.1, -0.05) is 61.0 Å². The highest BCUT2D eigenvalue weighted by molar-refractivity contribution is 7.99. The number of anilines is 1. The molecule has 0 saturated heterocycles. The number of aromatic nitrogens is 3. The maximum absolute atomic E-state index is 12.8. The molecule has 1 aromatic heterocycles. The molecule has 3 aromatic rings. The van der Waals surface area contributed by atoms with Crippen LogP contribution in [0.3, 0.4) is 0 Å². The Morgan fingerprint density at radius 2 is 1.76 bits per heavy atom. The smallest absolute Gasteiger partial charge is 0.251 e. The first-order valence-corrected chi connectivity index (χ1v) is 11.9. The van der Waals surface area contributed by atoms with Gasteiger partial charge in [-0.25, -0.2) is 0 Å². The summed E-state index contributed by atoms with van der Waals surface area (Å²) in [4.78, 5) is 25.3. The molecule has 0 radical (unpaired) electrons. The minimum atomic E-state index is -0.311. The van der Waals surface area contributed by atoms with Crippen LogP contribution in [0.2, 0.25) is 0 Å². The van der Waals surface area contributed by atoms with E-state index in [9.17, 15) is 9.59 Å². The number of benzene rings is 2. The van der Waals surface area contributed by atoms with Gasteiger partial charge in [-0.2, -0.15) is 0 Å². The number of hydrogen-bond donors (Lipinski definition) is 2. The average molecular weight is 466 g/mol. The van der Waals surface area contributed by atoms with Crippen LogP contribution in [0.4, 0.5) is 5.69 Å². The van der Waals surface area contributed by atoms with Gasteiger partial charge in [-0.15, -0.1) is 10.2 Å². The fraction of sp³-hybridized carbons (Fsp3) is 0.360. The SMILES string of the molecule is Cc1cccc(C(=O)N[C@H](c2nnc(SCC(=O)Nc3ccc(C)cc3C)n2C)C(C)C)c1. The Bertz CT molecular complexity index is 1160. The third-order valence-corrected chi connectivity index (χ3v) is 6.39. The normalized spacial score (nSPS) is 12.0. The van der Waals surface area contributed by atoms with Gasteiger partial charge in [-0.3, -0.25) is 9.59 Å². The quantitative estimate of drug-likeness (QED) is 0.475. The monoisotopic (exact) mass is 465 g/mol. The van der Waals surface area contributed by atoms with E-state index in [1.807, 2.05) is 82.6 Å². The highest BCUT2D eigenvalue weighted by Crippen LogP contribution is 2.25. The van der Waals surface area contributed by atoms with E-state index in [4.69, 9.17) is 0 Å². The van der Waals surface area contributed by atoms with E-state index in [2.05, 4.69) is 20.8 Å². The molecule has 3 rings (SSSR count). The van der Waals surface area contributed by atoms with E-state index in [-0.39, 0.29) is 29.5 Å². The van der Waals surface area contributed by atoms with E-state index in [1.54, 1.807) is 6.07 Å². The molecule has 2 aromatic carbocycles. The highest BCUT2D eigenvalue weighted by Gasteiger charge is 2.25. The van der Waals surface area contributed by atoms with Crippen LogP contribution >= 0.6 is 11.8 Å². The van der Waals surface area contributed by atoms with Crippen LogP contribution in [-0.4, -0.2) is 32.3 Å². The van der Waals surface area contributed by atoms with Crippen molar-refractivity contribution in [2.75, 3.05) is 11.1 Å². The molecule has 0 aliphatic rings. The van der Waals surface area contributed by atoms with Gasteiger partial charge < -0.3 is 15.2 Å². The maximum atomic E-state index is 12.8. The molecule has 0 aliphatic heterocycles. The second-order valence-electron chi connectivity index (χ2n) is 8.62. The van der Waals surface area contributed by atoms with Crippen molar-refractivity contribution < 1.29 is 9.59 Å². The van der Waals surface area contributed by atoms with Crippen LogP contribution in [0, 0.1) is 26.7 Å². The zero-order valence-corrected chi connectivity index (χ0v) is 20.8. The van der Waals surface area contributed by atoms with Gasteiger partial charge in [0.2, 0.25) is 5.91 Å². The molecule has 0 aliphatic carbocycles. The van der Waals surface area contributed by atoms with Crippen LogP contribution in [0.15, 0.2) is 47.6 Å². The van der Waals surface area contributed by atoms with Gasteiger partial charge in [0.15, 0.2) is 11.0 Å². The van der Waals surface area contributed by atoms with Crippen LogP contribution in [0.5, 0.6) is 0 Å². The molecular weight excluding hydrogens is 434 g/mol. The van der Waals surface area contributed by atoms with Gasteiger partial charge in [0.05, 0.1) is 11.8 Å². The molecule has 0 saturated carbocycles. The van der Waals surface area contributed by atoms with Gasteiger partial charge in [0.1, 0.15) is 0 Å². The van der Waals surface area contributed by atoms with Crippen molar-refractivity contribution in [2.24, 2.45) is 13.0 Å². The number of rotatable bonds is 8. The molecule has 174 valence electrons. The molecule has 0 bridgehead atoms. The van der Waals surface area contributed by atoms with E-state index < -0.39 is 0 Å². The predicted molar refractivity (Wildman–Crippen MR) is 132 cm³/mol. The molecule has 0 fully saturated rings. The first kappa shape index (κ1) is 24.5. The fourth-order valence-corrected chi connectivity index (χ4v) is 4.25. The molecule has 8 heteroatoms. The maximum Gasteiger partial charge on any atom is 0.251 e. The second kappa shape index (κ2) is 10.7.